The molecule has 0 bridgehead atoms. The Labute approximate surface area is 124 Å². The topological polar surface area (TPSA) is 33.2 Å². The molecule has 2 aromatic rings. The third-order valence-electron chi connectivity index (χ3n) is 4.07. The van der Waals surface area contributed by atoms with Crippen molar-refractivity contribution in [1.29, 1.82) is 0 Å². The second-order valence-corrected chi connectivity index (χ2v) is 5.80. The molecule has 1 saturated heterocycles. The predicted octanol–water partition coefficient (Wildman–Crippen LogP) is 3.36. The molecule has 0 aliphatic carbocycles. The summed E-state index contributed by atoms with van der Waals surface area (Å²) in [4.78, 5) is 5.70. The Hall–Kier alpha value is -1.33. The van der Waals surface area contributed by atoms with Gasteiger partial charge in [-0.1, -0.05) is 6.07 Å². The zero-order valence-electron chi connectivity index (χ0n) is 12.1. The lowest BCUT2D eigenvalue weighted by Gasteiger charge is -2.30. The summed E-state index contributed by atoms with van der Waals surface area (Å²) in [6.07, 6.45) is 2.30. The number of benzene rings is 1. The molecule has 0 atom stereocenters. The van der Waals surface area contributed by atoms with E-state index in [2.05, 4.69) is 27.6 Å². The Kier molecular flexibility index (Phi) is 3.81. The molecule has 20 heavy (non-hydrogen) atoms. The monoisotopic (exact) mass is 291 g/mol. The Morgan fingerprint density at radius 2 is 2.10 bits per heavy atom. The third kappa shape index (κ3) is 2.36. The Morgan fingerprint density at radius 3 is 2.80 bits per heavy atom. The molecule has 0 radical (unpaired) electrons. The summed E-state index contributed by atoms with van der Waals surface area (Å²) in [5, 5.41) is 0. The maximum absolute atomic E-state index is 5.69. The van der Waals surface area contributed by atoms with E-state index < -0.39 is 0 Å². The van der Waals surface area contributed by atoms with E-state index in [9.17, 15) is 0 Å². The predicted molar refractivity (Wildman–Crippen MR) is 84.1 cm³/mol. The van der Waals surface area contributed by atoms with E-state index in [1.165, 1.54) is 0 Å². The normalized spacial score (nSPS) is 17.7. The Bertz CT molecular complexity index is 653. The number of nitrogens with one attached hydrogen (secondary N) is 1. The molecule has 3 rings (SSSR count). The van der Waals surface area contributed by atoms with Crippen LogP contribution in [0.2, 0.25) is 0 Å². The van der Waals surface area contributed by atoms with Crippen LogP contribution in [0.3, 0.4) is 0 Å². The first-order chi connectivity index (χ1) is 9.70. The van der Waals surface area contributed by atoms with Gasteiger partial charge in [-0.2, -0.15) is 0 Å². The molecule has 108 valence electrons. The minimum atomic E-state index is 0.490. The lowest BCUT2D eigenvalue weighted by atomic mass is 10.1. The van der Waals surface area contributed by atoms with E-state index >= 15 is 0 Å². The van der Waals surface area contributed by atoms with Gasteiger partial charge >= 0.3 is 0 Å². The van der Waals surface area contributed by atoms with E-state index in [-0.39, 0.29) is 0 Å². The highest BCUT2D eigenvalue weighted by Crippen LogP contribution is 2.31. The number of likely N-dealkylation sites (tertiary alicyclic amines) is 1. The first kappa shape index (κ1) is 13.6. The molecule has 5 heteroatoms. The number of rotatable bonds is 3. The number of hydrogen-bond donors (Lipinski definition) is 1. The van der Waals surface area contributed by atoms with Crippen LogP contribution in [0.25, 0.3) is 11.0 Å². The molecule has 2 heterocycles. The van der Waals surface area contributed by atoms with Gasteiger partial charge < -0.3 is 19.2 Å². The van der Waals surface area contributed by atoms with Crippen molar-refractivity contribution < 1.29 is 4.74 Å². The van der Waals surface area contributed by atoms with Gasteiger partial charge in [-0.25, -0.2) is 0 Å². The molecule has 0 amide bonds. The summed E-state index contributed by atoms with van der Waals surface area (Å²) in [6.45, 7) is 4.93. The van der Waals surface area contributed by atoms with E-state index in [4.69, 9.17) is 17.0 Å². The van der Waals surface area contributed by atoms with Gasteiger partial charge in [0.1, 0.15) is 11.3 Å². The molecular formula is C15H21N3OS. The van der Waals surface area contributed by atoms with Crippen molar-refractivity contribution in [3.05, 3.63) is 23.0 Å². The van der Waals surface area contributed by atoms with E-state index in [1.54, 1.807) is 0 Å². The van der Waals surface area contributed by atoms with Gasteiger partial charge in [0, 0.05) is 6.04 Å². The molecular weight excluding hydrogens is 270 g/mol. The number of nitrogens with zero attached hydrogens (tertiary/aromatic N) is 2. The first-order valence-electron chi connectivity index (χ1n) is 7.25. The van der Waals surface area contributed by atoms with Crippen LogP contribution in [0.4, 0.5) is 0 Å². The van der Waals surface area contributed by atoms with Gasteiger partial charge in [0.25, 0.3) is 0 Å². The van der Waals surface area contributed by atoms with E-state index in [0.717, 1.165) is 47.5 Å². The zero-order chi connectivity index (χ0) is 14.1. The number of fused-ring (bicyclic) bond motifs is 1. The standard InChI is InChI=1S/C15H21N3OS/c1-3-19-13-6-4-5-12-14(13)16-15(20)18(12)11-7-9-17(2)10-8-11/h4-6,11H,3,7-10H2,1-2H3,(H,16,20). The summed E-state index contributed by atoms with van der Waals surface area (Å²) in [6, 6.07) is 6.66. The van der Waals surface area contributed by atoms with E-state index in [1.807, 2.05) is 19.1 Å². The van der Waals surface area contributed by atoms with Crippen LogP contribution in [-0.4, -0.2) is 41.2 Å². The van der Waals surface area contributed by atoms with Crippen LogP contribution in [0, 0.1) is 4.77 Å². The molecule has 1 fully saturated rings. The Balaban J connectivity index is 2.05. The van der Waals surface area contributed by atoms with Crippen LogP contribution >= 0.6 is 12.2 Å². The fourth-order valence-corrected chi connectivity index (χ4v) is 3.36. The largest absolute Gasteiger partial charge is 0.492 e. The molecule has 0 spiro atoms. The summed E-state index contributed by atoms with van der Waals surface area (Å²) in [7, 11) is 2.18. The quantitative estimate of drug-likeness (QED) is 0.880. The molecule has 1 aliphatic rings. The van der Waals surface area contributed by atoms with Gasteiger partial charge in [0.05, 0.1) is 12.1 Å². The highest BCUT2D eigenvalue weighted by molar-refractivity contribution is 7.71. The minimum Gasteiger partial charge on any atom is -0.492 e. The molecule has 1 aliphatic heterocycles. The van der Waals surface area contributed by atoms with Gasteiger partial charge in [-0.3, -0.25) is 0 Å². The Morgan fingerprint density at radius 1 is 1.35 bits per heavy atom. The van der Waals surface area contributed by atoms with Gasteiger partial charge in [0.15, 0.2) is 4.77 Å². The molecule has 1 N–H and O–H groups in total. The maximum Gasteiger partial charge on any atom is 0.178 e. The van der Waals surface area contributed by atoms with Crippen molar-refractivity contribution >= 4 is 23.3 Å². The maximum atomic E-state index is 5.69. The van der Waals surface area contributed by atoms with Crippen LogP contribution in [0.1, 0.15) is 25.8 Å². The van der Waals surface area contributed by atoms with Crippen molar-refractivity contribution in [2.45, 2.75) is 25.8 Å². The number of aromatic nitrogens is 2. The summed E-state index contributed by atoms with van der Waals surface area (Å²) in [5.41, 5.74) is 2.19. The summed E-state index contributed by atoms with van der Waals surface area (Å²) in [5.74, 6) is 0.891. The fourth-order valence-electron chi connectivity index (χ4n) is 3.01. The van der Waals surface area contributed by atoms with Crippen LogP contribution in [0.15, 0.2) is 18.2 Å². The lowest BCUT2D eigenvalue weighted by molar-refractivity contribution is 0.223. The number of H-pyrrole nitrogens is 1. The van der Waals surface area contributed by atoms with Gasteiger partial charge in [0.2, 0.25) is 0 Å². The van der Waals surface area contributed by atoms with Crippen LogP contribution < -0.4 is 4.74 Å². The van der Waals surface area contributed by atoms with Gasteiger partial charge in [-0.05, 0) is 64.3 Å². The highest BCUT2D eigenvalue weighted by atomic mass is 32.1. The van der Waals surface area contributed by atoms with Gasteiger partial charge in [-0.15, -0.1) is 0 Å². The van der Waals surface area contributed by atoms with Crippen LogP contribution in [-0.2, 0) is 0 Å². The molecule has 0 saturated carbocycles. The first-order valence-corrected chi connectivity index (χ1v) is 7.66. The molecule has 0 unspecified atom stereocenters. The number of ether oxygens (including phenoxy) is 1. The average molecular weight is 291 g/mol. The number of aromatic amines is 1. The van der Waals surface area contributed by atoms with Crippen molar-refractivity contribution in [3.63, 3.8) is 0 Å². The van der Waals surface area contributed by atoms with Crippen molar-refractivity contribution in [3.8, 4) is 5.75 Å². The zero-order valence-corrected chi connectivity index (χ0v) is 12.9. The highest BCUT2D eigenvalue weighted by Gasteiger charge is 2.21. The second-order valence-electron chi connectivity index (χ2n) is 5.42. The molecule has 1 aromatic carbocycles. The molecule has 1 aromatic heterocycles. The summed E-state index contributed by atoms with van der Waals surface area (Å²) < 4.78 is 8.78. The van der Waals surface area contributed by atoms with Crippen molar-refractivity contribution in [1.82, 2.24) is 14.5 Å². The average Bonchev–Trinajstić information content (AvgIpc) is 2.78. The van der Waals surface area contributed by atoms with Crippen molar-refractivity contribution in [2.75, 3.05) is 26.7 Å². The van der Waals surface area contributed by atoms with Crippen LogP contribution in [0.5, 0.6) is 5.75 Å². The number of hydrogen-bond acceptors (Lipinski definition) is 3. The molecule has 4 nitrogen and oxygen atoms in total. The second kappa shape index (κ2) is 5.58. The minimum absolute atomic E-state index is 0.490. The smallest absolute Gasteiger partial charge is 0.178 e. The lowest BCUT2D eigenvalue weighted by Crippen LogP contribution is -2.31. The summed E-state index contributed by atoms with van der Waals surface area (Å²) >= 11 is 5.55. The third-order valence-corrected chi connectivity index (χ3v) is 4.37. The van der Waals surface area contributed by atoms with Crippen molar-refractivity contribution in [2.24, 2.45) is 0 Å². The van der Waals surface area contributed by atoms with E-state index in [0.29, 0.717) is 12.6 Å². The SMILES string of the molecule is CCOc1cccc2c1[nH]c(=S)n2C1CCN(C)CC1. The number of imidazole rings is 1. The number of piperidine rings is 1. The number of para-hydroxylation sites is 1. The fraction of sp³-hybridized carbons (Fsp3) is 0.533.